The van der Waals surface area contributed by atoms with E-state index in [-0.39, 0.29) is 49.2 Å². The Bertz CT molecular complexity index is 771. The van der Waals surface area contributed by atoms with Crippen molar-refractivity contribution in [2.45, 2.75) is 45.2 Å². The predicted octanol–water partition coefficient (Wildman–Crippen LogP) is -0.687. The smallest absolute Gasteiger partial charge is 0.430 e. The lowest BCUT2D eigenvalue weighted by molar-refractivity contribution is -0.255. The summed E-state index contributed by atoms with van der Waals surface area (Å²) < 4.78 is 16.2. The van der Waals surface area contributed by atoms with Crippen LogP contribution in [-0.4, -0.2) is 65.5 Å². The Labute approximate surface area is 162 Å². The molecule has 0 aromatic heterocycles. The van der Waals surface area contributed by atoms with Crippen molar-refractivity contribution in [2.75, 3.05) is 19.7 Å². The zero-order chi connectivity index (χ0) is 19.2. The highest BCUT2D eigenvalue weighted by atomic mass is 16.6. The third-order valence-corrected chi connectivity index (χ3v) is 5.16. The second-order valence-corrected chi connectivity index (χ2v) is 7.21. The van der Waals surface area contributed by atoms with Gasteiger partial charge in [-0.15, -0.1) is 0 Å². The van der Waals surface area contributed by atoms with Gasteiger partial charge in [0, 0.05) is 6.61 Å². The fourth-order valence-electron chi connectivity index (χ4n) is 3.67. The molecule has 4 rings (SSSR count). The van der Waals surface area contributed by atoms with Crippen molar-refractivity contribution in [2.24, 2.45) is 0 Å². The van der Waals surface area contributed by atoms with E-state index in [2.05, 4.69) is 0 Å². The maximum atomic E-state index is 12.2. The molecule has 3 aliphatic heterocycles. The van der Waals surface area contributed by atoms with Gasteiger partial charge in [0.15, 0.2) is 0 Å². The van der Waals surface area contributed by atoms with Crippen molar-refractivity contribution >= 4 is 18.6 Å². The number of hydrogen-bond donors (Lipinski definition) is 2. The Hall–Kier alpha value is -2.30. The average Bonchev–Trinajstić information content (AvgIpc) is 3.10. The molecule has 1 atom stereocenters. The number of likely N-dealkylation sites (tertiary alicyclic amines) is 1. The van der Waals surface area contributed by atoms with Crippen LogP contribution in [0.4, 0.5) is 0 Å². The van der Waals surface area contributed by atoms with E-state index in [9.17, 15) is 24.7 Å². The number of aromatic carboxylic acids is 1. The van der Waals surface area contributed by atoms with Crippen molar-refractivity contribution in [1.29, 1.82) is 0 Å². The fourth-order valence-corrected chi connectivity index (χ4v) is 3.67. The van der Waals surface area contributed by atoms with Crippen LogP contribution < -0.4 is 14.5 Å². The zero-order valence-electron chi connectivity index (χ0n) is 14.6. The monoisotopic (exact) mass is 393 g/mol. The van der Waals surface area contributed by atoms with Crippen LogP contribution in [0.15, 0.2) is 12.1 Å². The number of amides is 1. The number of carboxylic acids is 1. The number of rotatable bonds is 4. The Morgan fingerprint density at radius 3 is 2.68 bits per heavy atom. The summed E-state index contributed by atoms with van der Waals surface area (Å²) in [5, 5.41) is 31.1. The van der Waals surface area contributed by atoms with Gasteiger partial charge < -0.3 is 39.0 Å². The van der Waals surface area contributed by atoms with Gasteiger partial charge in [-0.3, -0.25) is 4.79 Å². The van der Waals surface area contributed by atoms with Gasteiger partial charge in [-0.1, -0.05) is 19.8 Å². The molecule has 0 bridgehead atoms. The normalized spacial score (nSPS) is 23.1. The molecule has 1 amide bonds. The first-order chi connectivity index (χ1) is 12.8. The molecular weight excluding hydrogens is 369 g/mol. The highest BCUT2D eigenvalue weighted by Crippen LogP contribution is 2.38. The molecule has 1 aromatic rings. The van der Waals surface area contributed by atoms with E-state index >= 15 is 0 Å². The third kappa shape index (κ3) is 3.80. The molecule has 10 heteroatoms. The summed E-state index contributed by atoms with van der Waals surface area (Å²) in [6.45, 7) is -1.86. The number of nitrogens with zero attached hydrogens (tertiary/aromatic N) is 1. The molecule has 2 fully saturated rings. The van der Waals surface area contributed by atoms with Crippen molar-refractivity contribution in [1.82, 2.24) is 4.90 Å². The standard InChI is InChI=1S/C17H21BNO8.CH4/c20-16(13-2-1-7-25-13)19-8-11(9-19)26-12-4-3-10-5-6-18(23,24)27-15(10)14(12)17(21)22;/h3-4,11,13,23-24H,1-2,5-9H2,(H,21,22);1H4/q-1;/p-1/t13-;/m0./s1. The van der Waals surface area contributed by atoms with Crippen LogP contribution in [0.2, 0.25) is 6.32 Å². The van der Waals surface area contributed by atoms with Crippen molar-refractivity contribution in [3.05, 3.63) is 23.3 Å². The minimum absolute atomic E-state index is 0. The number of aryl methyl sites for hydroxylation is 1. The lowest BCUT2D eigenvalue weighted by atomic mass is 9.70. The van der Waals surface area contributed by atoms with Crippen LogP contribution in [0, 0.1) is 0 Å². The summed E-state index contributed by atoms with van der Waals surface area (Å²) in [5.74, 6) is -1.71. The summed E-state index contributed by atoms with van der Waals surface area (Å²) in [4.78, 5) is 25.5. The molecule has 9 nitrogen and oxygen atoms in total. The van der Waals surface area contributed by atoms with Crippen LogP contribution in [0.25, 0.3) is 0 Å². The van der Waals surface area contributed by atoms with Crippen molar-refractivity contribution in [3.63, 3.8) is 0 Å². The topological polar surface area (TPSA) is 129 Å². The fraction of sp³-hybridized carbons (Fsp3) is 0.556. The first-order valence-electron chi connectivity index (χ1n) is 9.07. The number of ether oxygens (including phenoxy) is 2. The summed E-state index contributed by atoms with van der Waals surface area (Å²) in [5.41, 5.74) is 0.205. The third-order valence-electron chi connectivity index (χ3n) is 5.16. The first-order valence-corrected chi connectivity index (χ1v) is 9.07. The lowest BCUT2D eigenvalue weighted by Crippen LogP contribution is -2.58. The maximum Gasteiger partial charge on any atom is 0.430 e. The molecule has 3 heterocycles. The van der Waals surface area contributed by atoms with Gasteiger partial charge in [0.1, 0.15) is 18.0 Å². The molecule has 28 heavy (non-hydrogen) atoms. The lowest BCUT2D eigenvalue weighted by Gasteiger charge is -2.41. The number of carbonyl (C=O) groups excluding carboxylic acids is 2. The molecule has 3 aliphatic rings. The Morgan fingerprint density at radius 2 is 2.04 bits per heavy atom. The van der Waals surface area contributed by atoms with Crippen LogP contribution in [0.5, 0.6) is 11.5 Å². The van der Waals surface area contributed by atoms with Gasteiger partial charge in [0.05, 0.1) is 30.4 Å². The van der Waals surface area contributed by atoms with Gasteiger partial charge in [0.2, 0.25) is 0 Å². The summed E-state index contributed by atoms with van der Waals surface area (Å²) >= 11 is 0. The van der Waals surface area contributed by atoms with Gasteiger partial charge in [0.25, 0.3) is 5.91 Å². The molecule has 0 aliphatic carbocycles. The van der Waals surface area contributed by atoms with Crippen LogP contribution in [0.1, 0.15) is 36.2 Å². The summed E-state index contributed by atoms with van der Waals surface area (Å²) in [7, 11) is 0. The largest absolute Gasteiger partial charge is 0.669 e. The van der Waals surface area contributed by atoms with E-state index in [4.69, 9.17) is 14.1 Å². The average molecular weight is 393 g/mol. The minimum Gasteiger partial charge on any atom is -0.669 e. The Balaban J connectivity index is 0.00000225. The number of carboxylic acid groups (broad SMARTS) is 1. The van der Waals surface area contributed by atoms with E-state index in [1.54, 1.807) is 11.0 Å². The van der Waals surface area contributed by atoms with E-state index in [0.717, 1.165) is 6.42 Å². The van der Waals surface area contributed by atoms with E-state index in [1.807, 2.05) is 0 Å². The van der Waals surface area contributed by atoms with Crippen LogP contribution in [-0.2, 0) is 16.0 Å². The van der Waals surface area contributed by atoms with Gasteiger partial charge in [-0.2, -0.15) is 0 Å². The molecule has 2 N–H and O–H groups in total. The minimum atomic E-state index is -3.11. The highest BCUT2D eigenvalue weighted by Gasteiger charge is 2.38. The zero-order valence-corrected chi connectivity index (χ0v) is 14.6. The van der Waals surface area contributed by atoms with Crippen LogP contribution >= 0.6 is 0 Å². The first kappa shape index (κ1) is 20.4. The molecule has 0 saturated carbocycles. The highest BCUT2D eigenvalue weighted by molar-refractivity contribution is 6.59. The Kier molecular flexibility index (Phi) is 5.56. The second-order valence-electron chi connectivity index (χ2n) is 7.21. The molecule has 0 spiro atoms. The second kappa shape index (κ2) is 7.61. The molecule has 1 aromatic carbocycles. The summed E-state index contributed by atoms with van der Waals surface area (Å²) in [6, 6.07) is 3.14. The SMILES string of the molecule is C.O=C([O-])c1c(OC2CN(C(=O)[C@@H]3CCCO3)C2)ccc2c1O[B-](O)(O)CC2. The molecule has 2 saturated heterocycles. The predicted molar refractivity (Wildman–Crippen MR) is 96.8 cm³/mol. The number of carbonyl (C=O) groups is 2. The van der Waals surface area contributed by atoms with E-state index in [1.165, 1.54) is 6.07 Å². The number of fused-ring (bicyclic) bond motifs is 1. The number of benzene rings is 1. The maximum absolute atomic E-state index is 12.2. The molecule has 154 valence electrons. The van der Waals surface area contributed by atoms with E-state index in [0.29, 0.717) is 31.7 Å². The van der Waals surface area contributed by atoms with Crippen LogP contribution in [0.3, 0.4) is 0 Å². The molecular formula is C18H24BNO8-2. The molecule has 0 radical (unpaired) electrons. The molecule has 0 unspecified atom stereocenters. The van der Waals surface area contributed by atoms with Crippen molar-refractivity contribution in [3.8, 4) is 11.5 Å². The number of hydrogen-bond acceptors (Lipinski definition) is 8. The van der Waals surface area contributed by atoms with Crippen molar-refractivity contribution < 1.29 is 38.9 Å². The Morgan fingerprint density at radius 1 is 1.29 bits per heavy atom. The van der Waals surface area contributed by atoms with E-state index < -0.39 is 18.8 Å². The van der Waals surface area contributed by atoms with Gasteiger partial charge in [-0.05, 0) is 30.9 Å². The summed E-state index contributed by atoms with van der Waals surface area (Å²) in [6.07, 6.45) is 1.08. The van der Waals surface area contributed by atoms with Gasteiger partial charge in [-0.25, -0.2) is 0 Å². The quantitative estimate of drug-likeness (QED) is 0.644. The van der Waals surface area contributed by atoms with Gasteiger partial charge >= 0.3 is 6.75 Å².